The lowest BCUT2D eigenvalue weighted by Crippen LogP contribution is -2.55. The van der Waals surface area contributed by atoms with Gasteiger partial charge < -0.3 is 5.11 Å². The molecule has 0 heterocycles. The number of rotatable bonds is 6. The summed E-state index contributed by atoms with van der Waals surface area (Å²) < 4.78 is 0. The van der Waals surface area contributed by atoms with E-state index in [4.69, 9.17) is 0 Å². The first-order valence-electron chi connectivity index (χ1n) is 5.40. The molecular weight excluding hydrogens is 178 g/mol. The largest absolute Gasteiger partial charge is 0.480 e. The Morgan fingerprint density at radius 1 is 1.43 bits per heavy atom. The van der Waals surface area contributed by atoms with E-state index in [2.05, 4.69) is 0 Å². The van der Waals surface area contributed by atoms with Gasteiger partial charge in [-0.15, -0.1) is 0 Å². The highest BCUT2D eigenvalue weighted by Crippen LogP contribution is 2.23. The van der Waals surface area contributed by atoms with Gasteiger partial charge in [-0.05, 0) is 33.7 Å². The molecule has 84 valence electrons. The summed E-state index contributed by atoms with van der Waals surface area (Å²) >= 11 is 0. The second kappa shape index (κ2) is 5.35. The molecule has 0 aliphatic carbocycles. The molecule has 0 aromatic rings. The van der Waals surface area contributed by atoms with Gasteiger partial charge in [0.05, 0.1) is 0 Å². The van der Waals surface area contributed by atoms with Gasteiger partial charge in [-0.1, -0.05) is 20.3 Å². The molecule has 0 rings (SSSR count). The minimum atomic E-state index is -0.713. The van der Waals surface area contributed by atoms with Crippen molar-refractivity contribution < 1.29 is 9.90 Å². The van der Waals surface area contributed by atoms with E-state index in [1.165, 1.54) is 0 Å². The molecule has 0 aromatic carbocycles. The molecule has 0 aliphatic rings. The number of hydrogen-bond donors (Lipinski definition) is 1. The van der Waals surface area contributed by atoms with Gasteiger partial charge in [0.15, 0.2) is 0 Å². The lowest BCUT2D eigenvalue weighted by atomic mass is 9.92. The number of carbonyl (C=O) groups is 1. The van der Waals surface area contributed by atoms with Gasteiger partial charge in [0.1, 0.15) is 5.54 Å². The van der Waals surface area contributed by atoms with Crippen LogP contribution in [0.25, 0.3) is 0 Å². The fraction of sp³-hybridized carbons (Fsp3) is 0.909. The van der Waals surface area contributed by atoms with Crippen LogP contribution in [-0.4, -0.2) is 34.1 Å². The van der Waals surface area contributed by atoms with E-state index in [-0.39, 0.29) is 6.04 Å². The van der Waals surface area contributed by atoms with E-state index in [0.717, 1.165) is 13.0 Å². The number of hydrogen-bond acceptors (Lipinski definition) is 2. The van der Waals surface area contributed by atoms with Crippen molar-refractivity contribution in [2.75, 3.05) is 6.54 Å². The Labute approximate surface area is 87.1 Å². The molecule has 0 spiro atoms. The van der Waals surface area contributed by atoms with Crippen molar-refractivity contribution in [3.8, 4) is 0 Å². The summed E-state index contributed by atoms with van der Waals surface area (Å²) in [6, 6.07) is 0.271. The molecule has 3 nitrogen and oxygen atoms in total. The summed E-state index contributed by atoms with van der Waals surface area (Å²) in [5, 5.41) is 9.27. The molecule has 0 bridgehead atoms. The minimum absolute atomic E-state index is 0.271. The summed E-state index contributed by atoms with van der Waals surface area (Å²) in [5.74, 6) is -0.713. The number of aliphatic carboxylic acids is 1. The van der Waals surface area contributed by atoms with Gasteiger partial charge in [0, 0.05) is 6.04 Å². The summed E-state index contributed by atoms with van der Waals surface area (Å²) in [7, 11) is 0. The summed E-state index contributed by atoms with van der Waals surface area (Å²) in [4.78, 5) is 13.3. The fourth-order valence-corrected chi connectivity index (χ4v) is 2.14. The average molecular weight is 201 g/mol. The normalized spacial score (nSPS) is 15.9. The Kier molecular flexibility index (Phi) is 5.13. The predicted octanol–water partition coefficient (Wildman–Crippen LogP) is 2.36. The molecule has 1 atom stereocenters. The van der Waals surface area contributed by atoms with Crippen LogP contribution in [0.5, 0.6) is 0 Å². The van der Waals surface area contributed by atoms with Crippen LogP contribution in [0.3, 0.4) is 0 Å². The van der Waals surface area contributed by atoms with Crippen LogP contribution >= 0.6 is 0 Å². The molecule has 0 saturated heterocycles. The highest BCUT2D eigenvalue weighted by molar-refractivity contribution is 5.78. The molecular formula is C11H23NO2. The van der Waals surface area contributed by atoms with E-state index < -0.39 is 11.5 Å². The third-order valence-electron chi connectivity index (χ3n) is 2.80. The highest BCUT2D eigenvalue weighted by Gasteiger charge is 2.38. The van der Waals surface area contributed by atoms with Crippen molar-refractivity contribution in [3.05, 3.63) is 0 Å². The molecule has 14 heavy (non-hydrogen) atoms. The average Bonchev–Trinajstić information content (AvgIpc) is 2.04. The molecule has 0 aliphatic heterocycles. The first kappa shape index (κ1) is 13.4. The van der Waals surface area contributed by atoms with Crippen LogP contribution in [0.4, 0.5) is 0 Å². The monoisotopic (exact) mass is 201 g/mol. The molecule has 0 saturated carbocycles. The van der Waals surface area contributed by atoms with Gasteiger partial charge in [-0.3, -0.25) is 9.69 Å². The number of likely N-dealkylation sites (N-methyl/N-ethyl adjacent to an activating group) is 1. The van der Waals surface area contributed by atoms with Crippen LogP contribution in [0.2, 0.25) is 0 Å². The maximum atomic E-state index is 11.3. The van der Waals surface area contributed by atoms with Gasteiger partial charge in [-0.2, -0.15) is 0 Å². The Bertz CT molecular complexity index is 192. The first-order valence-corrected chi connectivity index (χ1v) is 5.40. The zero-order chi connectivity index (χ0) is 11.4. The van der Waals surface area contributed by atoms with E-state index >= 15 is 0 Å². The topological polar surface area (TPSA) is 40.5 Å². The number of carboxylic acid groups (broad SMARTS) is 1. The van der Waals surface area contributed by atoms with Gasteiger partial charge in [-0.25, -0.2) is 0 Å². The van der Waals surface area contributed by atoms with Crippen LogP contribution in [0, 0.1) is 0 Å². The highest BCUT2D eigenvalue weighted by atomic mass is 16.4. The molecule has 0 radical (unpaired) electrons. The van der Waals surface area contributed by atoms with Crippen LogP contribution < -0.4 is 0 Å². The van der Waals surface area contributed by atoms with Crippen LogP contribution in [-0.2, 0) is 4.79 Å². The third-order valence-corrected chi connectivity index (χ3v) is 2.80. The van der Waals surface area contributed by atoms with E-state index in [9.17, 15) is 9.90 Å². The minimum Gasteiger partial charge on any atom is -0.480 e. The quantitative estimate of drug-likeness (QED) is 0.717. The van der Waals surface area contributed by atoms with Crippen molar-refractivity contribution in [1.82, 2.24) is 4.90 Å². The van der Waals surface area contributed by atoms with Crippen molar-refractivity contribution >= 4 is 5.97 Å². The molecule has 0 fully saturated rings. The van der Waals surface area contributed by atoms with E-state index in [1.807, 2.05) is 39.5 Å². The smallest absolute Gasteiger partial charge is 0.323 e. The molecule has 0 amide bonds. The van der Waals surface area contributed by atoms with Crippen molar-refractivity contribution in [1.29, 1.82) is 0 Å². The van der Waals surface area contributed by atoms with Crippen molar-refractivity contribution in [2.45, 2.75) is 59.0 Å². The molecule has 0 aromatic heterocycles. The molecule has 3 heteroatoms. The van der Waals surface area contributed by atoms with E-state index in [1.54, 1.807) is 0 Å². The fourth-order valence-electron chi connectivity index (χ4n) is 2.14. The lowest BCUT2D eigenvalue weighted by molar-refractivity contribution is -0.152. The number of nitrogens with zero attached hydrogens (tertiary/aromatic N) is 1. The second-order valence-electron chi connectivity index (χ2n) is 4.21. The standard InChI is InChI=1S/C11H23NO2/c1-6-8-11(5,10(13)14)12(7-2)9(3)4/h9H,6-8H2,1-5H3,(H,13,14). The lowest BCUT2D eigenvalue weighted by Gasteiger charge is -2.40. The first-order chi connectivity index (χ1) is 6.40. The Morgan fingerprint density at radius 3 is 2.14 bits per heavy atom. The Hall–Kier alpha value is -0.570. The zero-order valence-electron chi connectivity index (χ0n) is 10.0. The van der Waals surface area contributed by atoms with Crippen molar-refractivity contribution in [3.63, 3.8) is 0 Å². The molecule has 1 unspecified atom stereocenters. The summed E-state index contributed by atoms with van der Waals surface area (Å²) in [6.07, 6.45) is 1.60. The predicted molar refractivity (Wildman–Crippen MR) is 58.5 cm³/mol. The second-order valence-corrected chi connectivity index (χ2v) is 4.21. The third kappa shape index (κ3) is 2.71. The maximum absolute atomic E-state index is 11.3. The Morgan fingerprint density at radius 2 is 1.93 bits per heavy atom. The maximum Gasteiger partial charge on any atom is 0.323 e. The summed E-state index contributed by atoms with van der Waals surface area (Å²) in [5.41, 5.74) is -0.711. The van der Waals surface area contributed by atoms with Gasteiger partial charge >= 0.3 is 5.97 Å². The van der Waals surface area contributed by atoms with Gasteiger partial charge in [0.25, 0.3) is 0 Å². The van der Waals surface area contributed by atoms with E-state index in [0.29, 0.717) is 6.42 Å². The SMILES string of the molecule is CCCC(C)(C(=O)O)N(CC)C(C)C. The summed E-state index contributed by atoms with van der Waals surface area (Å²) in [6.45, 7) is 10.7. The number of carboxylic acids is 1. The molecule has 1 N–H and O–H groups in total. The van der Waals surface area contributed by atoms with Crippen molar-refractivity contribution in [2.24, 2.45) is 0 Å². The van der Waals surface area contributed by atoms with Crippen LogP contribution in [0.15, 0.2) is 0 Å². The van der Waals surface area contributed by atoms with Gasteiger partial charge in [0.2, 0.25) is 0 Å². The Balaban J connectivity index is 4.85. The zero-order valence-corrected chi connectivity index (χ0v) is 10.0. The van der Waals surface area contributed by atoms with Crippen LogP contribution in [0.1, 0.15) is 47.5 Å².